The molecular weight excluding hydrogens is 231 g/mol. The first-order chi connectivity index (χ1) is 8.63. The van der Waals surface area contributed by atoms with Gasteiger partial charge in [-0.05, 0) is 24.6 Å². The van der Waals surface area contributed by atoms with Gasteiger partial charge in [0.1, 0.15) is 17.7 Å². The fraction of sp³-hybridized carbons (Fsp3) is 0.200. The number of hydrogen-bond acceptors (Lipinski definition) is 2. The van der Waals surface area contributed by atoms with E-state index >= 15 is 0 Å². The van der Waals surface area contributed by atoms with Gasteiger partial charge >= 0.3 is 0 Å². The highest BCUT2D eigenvalue weighted by Crippen LogP contribution is 2.31. The highest BCUT2D eigenvalue weighted by Gasteiger charge is 2.18. The first-order valence-electron chi connectivity index (χ1n) is 5.70. The zero-order chi connectivity index (χ0) is 13.1. The van der Waals surface area contributed by atoms with Gasteiger partial charge in [-0.3, -0.25) is 0 Å². The van der Waals surface area contributed by atoms with Gasteiger partial charge in [-0.15, -0.1) is 0 Å². The number of hydrogen-bond donors (Lipinski definition) is 1. The summed E-state index contributed by atoms with van der Waals surface area (Å²) in [4.78, 5) is 0. The van der Waals surface area contributed by atoms with E-state index in [9.17, 15) is 9.50 Å². The summed E-state index contributed by atoms with van der Waals surface area (Å²) in [5.74, 6) is 0.137. The Balaban J connectivity index is 2.46. The number of aryl methyl sites for hydroxylation is 1. The third-order valence-corrected chi connectivity index (χ3v) is 2.88. The van der Waals surface area contributed by atoms with E-state index in [1.54, 1.807) is 24.3 Å². The maximum absolute atomic E-state index is 13.6. The summed E-state index contributed by atoms with van der Waals surface area (Å²) in [5, 5.41) is 10.3. The Morgan fingerprint density at radius 2 is 1.83 bits per heavy atom. The van der Waals surface area contributed by atoms with E-state index in [2.05, 4.69) is 0 Å². The molecule has 1 unspecified atom stereocenters. The number of benzene rings is 2. The Labute approximate surface area is 106 Å². The molecule has 1 atom stereocenters. The molecule has 2 aromatic rings. The highest BCUT2D eigenvalue weighted by atomic mass is 19.1. The highest BCUT2D eigenvalue weighted by molar-refractivity contribution is 5.42. The van der Waals surface area contributed by atoms with Gasteiger partial charge in [0.05, 0.1) is 7.11 Å². The summed E-state index contributed by atoms with van der Waals surface area (Å²) >= 11 is 0. The lowest BCUT2D eigenvalue weighted by Crippen LogP contribution is -2.04. The third kappa shape index (κ3) is 2.36. The van der Waals surface area contributed by atoms with Gasteiger partial charge in [0.2, 0.25) is 0 Å². The van der Waals surface area contributed by atoms with Crippen molar-refractivity contribution >= 4 is 0 Å². The first kappa shape index (κ1) is 12.6. The van der Waals surface area contributed by atoms with E-state index in [0.29, 0.717) is 11.3 Å². The second-order valence-electron chi connectivity index (χ2n) is 4.17. The largest absolute Gasteiger partial charge is 0.496 e. The molecule has 0 bridgehead atoms. The van der Waals surface area contributed by atoms with Gasteiger partial charge in [-0.25, -0.2) is 4.39 Å². The predicted molar refractivity (Wildman–Crippen MR) is 68.2 cm³/mol. The van der Waals surface area contributed by atoms with E-state index in [0.717, 1.165) is 5.56 Å². The van der Waals surface area contributed by atoms with Crippen molar-refractivity contribution in [3.63, 3.8) is 0 Å². The SMILES string of the molecule is COc1cc(C)ccc1C(O)c1ccccc1F. The molecule has 2 rings (SSSR count). The van der Waals surface area contributed by atoms with Gasteiger partial charge in [-0.2, -0.15) is 0 Å². The van der Waals surface area contributed by atoms with E-state index in [1.807, 2.05) is 19.1 Å². The Morgan fingerprint density at radius 1 is 1.11 bits per heavy atom. The number of aliphatic hydroxyl groups excluding tert-OH is 1. The van der Waals surface area contributed by atoms with Crippen LogP contribution in [0.3, 0.4) is 0 Å². The lowest BCUT2D eigenvalue weighted by Gasteiger charge is -2.16. The summed E-state index contributed by atoms with van der Waals surface area (Å²) in [7, 11) is 1.53. The molecule has 1 N–H and O–H groups in total. The van der Waals surface area contributed by atoms with Crippen molar-refractivity contribution < 1.29 is 14.2 Å². The Bertz CT molecular complexity index is 552. The number of aliphatic hydroxyl groups is 1. The molecule has 0 aliphatic rings. The Morgan fingerprint density at radius 3 is 2.50 bits per heavy atom. The number of halogens is 1. The summed E-state index contributed by atoms with van der Waals surface area (Å²) in [6.07, 6.45) is -1.03. The molecule has 0 spiro atoms. The van der Waals surface area contributed by atoms with Gasteiger partial charge in [0.25, 0.3) is 0 Å². The second-order valence-corrected chi connectivity index (χ2v) is 4.17. The molecule has 2 nitrogen and oxygen atoms in total. The van der Waals surface area contributed by atoms with Crippen LogP contribution in [0.2, 0.25) is 0 Å². The summed E-state index contributed by atoms with van der Waals surface area (Å²) in [5.41, 5.74) is 1.84. The minimum atomic E-state index is -1.03. The van der Waals surface area contributed by atoms with Crippen molar-refractivity contribution in [2.45, 2.75) is 13.0 Å². The van der Waals surface area contributed by atoms with E-state index in [4.69, 9.17) is 4.74 Å². The molecule has 0 aliphatic heterocycles. The molecule has 18 heavy (non-hydrogen) atoms. The molecule has 0 saturated heterocycles. The van der Waals surface area contributed by atoms with Crippen molar-refractivity contribution in [2.24, 2.45) is 0 Å². The summed E-state index contributed by atoms with van der Waals surface area (Å²) < 4.78 is 18.9. The molecule has 3 heteroatoms. The predicted octanol–water partition coefficient (Wildman–Crippen LogP) is 3.22. The number of ether oxygens (including phenoxy) is 1. The summed E-state index contributed by atoms with van der Waals surface area (Å²) in [6, 6.07) is 11.6. The standard InChI is InChI=1S/C15H15FO2/c1-10-7-8-12(14(9-10)18-2)15(17)11-5-3-4-6-13(11)16/h3-9,15,17H,1-2H3. The van der Waals surface area contributed by atoms with Crippen molar-refractivity contribution in [1.82, 2.24) is 0 Å². The molecule has 0 aromatic heterocycles. The molecule has 0 saturated carbocycles. The van der Waals surface area contributed by atoms with Crippen LogP contribution in [0.15, 0.2) is 42.5 Å². The van der Waals surface area contributed by atoms with Crippen molar-refractivity contribution in [3.05, 3.63) is 65.0 Å². The van der Waals surface area contributed by atoms with Crippen LogP contribution in [0.4, 0.5) is 4.39 Å². The molecular formula is C15H15FO2. The third-order valence-electron chi connectivity index (χ3n) is 2.88. The van der Waals surface area contributed by atoms with Crippen LogP contribution in [0.5, 0.6) is 5.75 Å². The zero-order valence-corrected chi connectivity index (χ0v) is 10.4. The topological polar surface area (TPSA) is 29.5 Å². The van der Waals surface area contributed by atoms with E-state index < -0.39 is 11.9 Å². The van der Waals surface area contributed by atoms with E-state index in [-0.39, 0.29) is 5.56 Å². The van der Waals surface area contributed by atoms with Gasteiger partial charge in [0.15, 0.2) is 0 Å². The van der Waals surface area contributed by atoms with Gasteiger partial charge in [-0.1, -0.05) is 30.3 Å². The second kappa shape index (κ2) is 5.19. The molecule has 0 amide bonds. The molecule has 0 radical (unpaired) electrons. The van der Waals surface area contributed by atoms with Gasteiger partial charge in [0, 0.05) is 11.1 Å². The first-order valence-corrected chi connectivity index (χ1v) is 5.70. The molecule has 2 aromatic carbocycles. The molecule has 94 valence electrons. The van der Waals surface area contributed by atoms with Crippen molar-refractivity contribution in [2.75, 3.05) is 7.11 Å². The minimum Gasteiger partial charge on any atom is -0.496 e. The maximum Gasteiger partial charge on any atom is 0.129 e. The van der Waals surface area contributed by atoms with E-state index in [1.165, 1.54) is 13.2 Å². The normalized spacial score (nSPS) is 12.2. The number of rotatable bonds is 3. The minimum absolute atomic E-state index is 0.250. The van der Waals surface area contributed by atoms with Crippen LogP contribution in [-0.4, -0.2) is 12.2 Å². The lowest BCUT2D eigenvalue weighted by molar-refractivity contribution is 0.209. The van der Waals surface area contributed by atoms with Crippen molar-refractivity contribution in [3.8, 4) is 5.75 Å². The molecule has 0 aliphatic carbocycles. The average molecular weight is 246 g/mol. The molecule has 0 heterocycles. The van der Waals surface area contributed by atoms with Crippen LogP contribution in [0, 0.1) is 12.7 Å². The summed E-state index contributed by atoms with van der Waals surface area (Å²) in [6.45, 7) is 1.93. The fourth-order valence-corrected chi connectivity index (χ4v) is 1.91. The Hall–Kier alpha value is -1.87. The van der Waals surface area contributed by atoms with Crippen LogP contribution in [0.1, 0.15) is 22.8 Å². The Kier molecular flexibility index (Phi) is 3.63. The number of methoxy groups -OCH3 is 1. The average Bonchev–Trinajstić information content (AvgIpc) is 2.38. The lowest BCUT2D eigenvalue weighted by atomic mass is 9.99. The van der Waals surface area contributed by atoms with Crippen LogP contribution in [-0.2, 0) is 0 Å². The van der Waals surface area contributed by atoms with Crippen LogP contribution >= 0.6 is 0 Å². The maximum atomic E-state index is 13.6. The monoisotopic (exact) mass is 246 g/mol. The smallest absolute Gasteiger partial charge is 0.129 e. The van der Waals surface area contributed by atoms with Crippen LogP contribution in [0.25, 0.3) is 0 Å². The zero-order valence-electron chi connectivity index (χ0n) is 10.4. The van der Waals surface area contributed by atoms with Gasteiger partial charge < -0.3 is 9.84 Å². The quantitative estimate of drug-likeness (QED) is 0.901. The fourth-order valence-electron chi connectivity index (χ4n) is 1.91. The molecule has 0 fully saturated rings. The van der Waals surface area contributed by atoms with Crippen LogP contribution < -0.4 is 4.74 Å². The van der Waals surface area contributed by atoms with Crippen molar-refractivity contribution in [1.29, 1.82) is 0 Å².